The van der Waals surface area contributed by atoms with Crippen molar-refractivity contribution in [3.05, 3.63) is 41.8 Å². The summed E-state index contributed by atoms with van der Waals surface area (Å²) in [6, 6.07) is 12.6. The molecule has 0 N–H and O–H groups in total. The third-order valence-electron chi connectivity index (χ3n) is 3.02. The van der Waals surface area contributed by atoms with Crippen LogP contribution in [0.3, 0.4) is 0 Å². The Morgan fingerprint density at radius 1 is 1.18 bits per heavy atom. The molecule has 0 aliphatic carbocycles. The fraction of sp³-hybridized carbons (Fsp3) is 0.143. The predicted molar refractivity (Wildman–Crippen MR) is 72.8 cm³/mol. The largest absolute Gasteiger partial charge is 0.497 e. The molecule has 2 heterocycles. The van der Waals surface area contributed by atoms with E-state index >= 15 is 0 Å². The zero-order valence-electron chi connectivity index (χ0n) is 9.81. The van der Waals surface area contributed by atoms with Gasteiger partial charge < -0.3 is 9.30 Å². The minimum absolute atomic E-state index is 0.904. The first-order valence-electron chi connectivity index (χ1n) is 5.47. The van der Waals surface area contributed by atoms with E-state index in [0.29, 0.717) is 0 Å². The summed E-state index contributed by atoms with van der Waals surface area (Å²) >= 11 is 1.76. The average molecular weight is 243 g/mol. The van der Waals surface area contributed by atoms with Crippen LogP contribution < -0.4 is 4.74 Å². The molecule has 0 saturated heterocycles. The Morgan fingerprint density at radius 3 is 2.76 bits per heavy atom. The topological polar surface area (TPSA) is 14.2 Å². The third-order valence-corrected chi connectivity index (χ3v) is 3.92. The van der Waals surface area contributed by atoms with Crippen LogP contribution in [0, 0.1) is 0 Å². The SMILES string of the molecule is COc1ccc2c(c1)cc(-c1cccs1)n2C. The quantitative estimate of drug-likeness (QED) is 0.665. The van der Waals surface area contributed by atoms with Crippen LogP contribution in [0.15, 0.2) is 41.8 Å². The number of aryl methyl sites for hydroxylation is 1. The minimum atomic E-state index is 0.904. The molecule has 0 fully saturated rings. The molecule has 3 aromatic rings. The van der Waals surface area contributed by atoms with Crippen molar-refractivity contribution in [2.75, 3.05) is 7.11 Å². The van der Waals surface area contributed by atoms with Crippen molar-refractivity contribution in [1.29, 1.82) is 0 Å². The number of benzene rings is 1. The molecule has 0 aliphatic rings. The van der Waals surface area contributed by atoms with Gasteiger partial charge in [0, 0.05) is 18.0 Å². The van der Waals surface area contributed by atoms with Gasteiger partial charge in [0.2, 0.25) is 0 Å². The average Bonchev–Trinajstić information content (AvgIpc) is 2.97. The number of fused-ring (bicyclic) bond motifs is 1. The molecule has 0 amide bonds. The summed E-state index contributed by atoms with van der Waals surface area (Å²) < 4.78 is 7.48. The molecule has 2 nitrogen and oxygen atoms in total. The Balaban J connectivity index is 2.24. The Morgan fingerprint density at radius 2 is 2.06 bits per heavy atom. The van der Waals surface area contributed by atoms with E-state index in [2.05, 4.69) is 47.3 Å². The number of hydrogen-bond acceptors (Lipinski definition) is 2. The van der Waals surface area contributed by atoms with Crippen LogP contribution in [-0.4, -0.2) is 11.7 Å². The van der Waals surface area contributed by atoms with Gasteiger partial charge in [0.15, 0.2) is 0 Å². The van der Waals surface area contributed by atoms with Crippen LogP contribution in [-0.2, 0) is 7.05 Å². The number of aromatic nitrogens is 1. The number of rotatable bonds is 2. The number of hydrogen-bond donors (Lipinski definition) is 0. The molecule has 0 spiro atoms. The number of ether oxygens (including phenoxy) is 1. The molecule has 2 aromatic heterocycles. The van der Waals surface area contributed by atoms with Gasteiger partial charge >= 0.3 is 0 Å². The van der Waals surface area contributed by atoms with Crippen LogP contribution in [0.4, 0.5) is 0 Å². The highest BCUT2D eigenvalue weighted by atomic mass is 32.1. The van der Waals surface area contributed by atoms with Gasteiger partial charge in [-0.2, -0.15) is 0 Å². The Labute approximate surface area is 104 Å². The minimum Gasteiger partial charge on any atom is -0.497 e. The van der Waals surface area contributed by atoms with Crippen LogP contribution >= 0.6 is 11.3 Å². The van der Waals surface area contributed by atoms with Crippen LogP contribution in [0.25, 0.3) is 21.5 Å². The lowest BCUT2D eigenvalue weighted by atomic mass is 10.2. The molecule has 0 bridgehead atoms. The van der Waals surface area contributed by atoms with Gasteiger partial charge in [-0.1, -0.05) is 6.07 Å². The highest BCUT2D eigenvalue weighted by Gasteiger charge is 2.08. The zero-order chi connectivity index (χ0) is 11.8. The highest BCUT2D eigenvalue weighted by molar-refractivity contribution is 7.13. The molecule has 17 heavy (non-hydrogen) atoms. The second-order valence-corrected chi connectivity index (χ2v) is 4.94. The van der Waals surface area contributed by atoms with Crippen molar-refractivity contribution in [2.45, 2.75) is 0 Å². The lowest BCUT2D eigenvalue weighted by molar-refractivity contribution is 0.415. The summed E-state index contributed by atoms with van der Waals surface area (Å²) in [6.07, 6.45) is 0. The standard InChI is InChI=1S/C14H13NOS/c1-15-12-6-5-11(16-2)8-10(12)9-13(15)14-4-3-7-17-14/h3-9H,1-2H3. The van der Waals surface area contributed by atoms with Gasteiger partial charge in [-0.15, -0.1) is 11.3 Å². The van der Waals surface area contributed by atoms with Crippen molar-refractivity contribution in [3.8, 4) is 16.3 Å². The van der Waals surface area contributed by atoms with Crippen molar-refractivity contribution >= 4 is 22.2 Å². The maximum Gasteiger partial charge on any atom is 0.119 e. The lowest BCUT2D eigenvalue weighted by Crippen LogP contribution is -1.89. The van der Waals surface area contributed by atoms with E-state index in [1.807, 2.05) is 6.07 Å². The maximum atomic E-state index is 5.26. The summed E-state index contributed by atoms with van der Waals surface area (Å²) in [7, 11) is 3.80. The monoisotopic (exact) mass is 243 g/mol. The molecule has 0 saturated carbocycles. The molecule has 0 unspecified atom stereocenters. The summed E-state index contributed by atoms with van der Waals surface area (Å²) in [5, 5.41) is 3.32. The van der Waals surface area contributed by atoms with Crippen molar-refractivity contribution < 1.29 is 4.74 Å². The lowest BCUT2D eigenvalue weighted by Gasteiger charge is -2.02. The molecular formula is C14H13NOS. The van der Waals surface area contributed by atoms with Gasteiger partial charge in [0.25, 0.3) is 0 Å². The Bertz CT molecular complexity index is 652. The number of thiophene rings is 1. The first kappa shape index (κ1) is 10.4. The molecular weight excluding hydrogens is 230 g/mol. The van der Waals surface area contributed by atoms with Gasteiger partial charge in [-0.3, -0.25) is 0 Å². The zero-order valence-corrected chi connectivity index (χ0v) is 10.6. The normalized spacial score (nSPS) is 10.9. The molecule has 3 rings (SSSR count). The van der Waals surface area contributed by atoms with Gasteiger partial charge in [0.1, 0.15) is 5.75 Å². The van der Waals surface area contributed by atoms with E-state index in [9.17, 15) is 0 Å². The molecule has 0 radical (unpaired) electrons. The van der Waals surface area contributed by atoms with Gasteiger partial charge in [0.05, 0.1) is 17.7 Å². The number of nitrogens with zero attached hydrogens (tertiary/aromatic N) is 1. The van der Waals surface area contributed by atoms with E-state index in [1.54, 1.807) is 18.4 Å². The summed E-state index contributed by atoms with van der Waals surface area (Å²) in [4.78, 5) is 1.29. The molecule has 3 heteroatoms. The number of methoxy groups -OCH3 is 1. The van der Waals surface area contributed by atoms with Crippen LogP contribution in [0.2, 0.25) is 0 Å². The Kier molecular flexibility index (Phi) is 2.41. The van der Waals surface area contributed by atoms with Crippen LogP contribution in [0.5, 0.6) is 5.75 Å². The summed E-state index contributed by atoms with van der Waals surface area (Å²) in [5.74, 6) is 0.904. The second kappa shape index (κ2) is 3.93. The first-order valence-corrected chi connectivity index (χ1v) is 6.35. The summed E-state index contributed by atoms with van der Waals surface area (Å²) in [5.41, 5.74) is 2.48. The molecule has 0 aliphatic heterocycles. The summed E-state index contributed by atoms with van der Waals surface area (Å²) in [6.45, 7) is 0. The first-order chi connectivity index (χ1) is 8.29. The fourth-order valence-electron chi connectivity index (χ4n) is 2.12. The van der Waals surface area contributed by atoms with E-state index in [1.165, 1.54) is 21.5 Å². The van der Waals surface area contributed by atoms with Gasteiger partial charge in [-0.05, 0) is 35.7 Å². The van der Waals surface area contributed by atoms with E-state index in [4.69, 9.17) is 4.74 Å². The Hall–Kier alpha value is -1.74. The molecule has 86 valence electrons. The smallest absolute Gasteiger partial charge is 0.119 e. The molecule has 0 atom stereocenters. The fourth-order valence-corrected chi connectivity index (χ4v) is 2.89. The van der Waals surface area contributed by atoms with Crippen molar-refractivity contribution in [2.24, 2.45) is 7.05 Å². The maximum absolute atomic E-state index is 5.26. The highest BCUT2D eigenvalue weighted by Crippen LogP contribution is 2.31. The van der Waals surface area contributed by atoms with Crippen LogP contribution in [0.1, 0.15) is 0 Å². The van der Waals surface area contributed by atoms with E-state index in [0.717, 1.165) is 5.75 Å². The van der Waals surface area contributed by atoms with Crippen molar-refractivity contribution in [3.63, 3.8) is 0 Å². The van der Waals surface area contributed by atoms with E-state index < -0.39 is 0 Å². The predicted octanol–water partition coefficient (Wildman–Crippen LogP) is 3.92. The second-order valence-electron chi connectivity index (χ2n) is 3.99. The third kappa shape index (κ3) is 1.63. The van der Waals surface area contributed by atoms with Crippen molar-refractivity contribution in [1.82, 2.24) is 4.57 Å². The van der Waals surface area contributed by atoms with E-state index in [-0.39, 0.29) is 0 Å². The molecule has 1 aromatic carbocycles. The van der Waals surface area contributed by atoms with Gasteiger partial charge in [-0.25, -0.2) is 0 Å².